The Morgan fingerprint density at radius 1 is 0.680 bits per heavy atom. The summed E-state index contributed by atoms with van der Waals surface area (Å²) < 4.78 is 4.35. The molecule has 2 rings (SSSR count). The molecule has 0 amide bonds. The number of unbranched alkanes of at least 4 members (excludes halogenated alkanes) is 5. The van der Waals surface area contributed by atoms with Crippen LogP contribution in [0.4, 0.5) is 0 Å². The zero-order valence-corrected chi connectivity index (χ0v) is 15.9. The van der Waals surface area contributed by atoms with Crippen LogP contribution in [-0.4, -0.2) is 43.6 Å². The van der Waals surface area contributed by atoms with Gasteiger partial charge in [0.05, 0.1) is 12.7 Å². The van der Waals surface area contributed by atoms with Gasteiger partial charge < -0.3 is 14.0 Å². The molecule has 0 spiro atoms. The first-order chi connectivity index (χ1) is 12.4. The number of aromatic nitrogens is 4. The lowest BCUT2D eigenvalue weighted by atomic mass is 10.1. The maximum atomic E-state index is 4.12. The molecule has 0 unspecified atom stereocenters. The van der Waals surface area contributed by atoms with Gasteiger partial charge in [0.15, 0.2) is 0 Å². The second-order valence-electron chi connectivity index (χ2n) is 6.92. The van der Waals surface area contributed by atoms with E-state index in [9.17, 15) is 0 Å². The summed E-state index contributed by atoms with van der Waals surface area (Å²) in [4.78, 5) is 10.9. The Bertz CT molecular complexity index is 466. The third kappa shape index (κ3) is 8.87. The number of nitrogens with zero attached hydrogens (tertiary/aromatic N) is 5. The fourth-order valence-electron chi connectivity index (χ4n) is 3.24. The van der Waals surface area contributed by atoms with Crippen molar-refractivity contribution in [1.29, 1.82) is 0 Å². The summed E-state index contributed by atoms with van der Waals surface area (Å²) >= 11 is 0. The molecule has 2 heterocycles. The van der Waals surface area contributed by atoms with Crippen molar-refractivity contribution in [2.24, 2.45) is 0 Å². The molecule has 0 saturated heterocycles. The van der Waals surface area contributed by atoms with Gasteiger partial charge in [-0.2, -0.15) is 0 Å². The van der Waals surface area contributed by atoms with E-state index in [0.29, 0.717) is 0 Å². The number of hydrogen-bond acceptors (Lipinski definition) is 3. The molecule has 0 N–H and O–H groups in total. The zero-order chi connectivity index (χ0) is 17.6. The molecule has 0 aliphatic rings. The Morgan fingerprint density at radius 2 is 1.20 bits per heavy atom. The Morgan fingerprint density at radius 3 is 1.72 bits per heavy atom. The quantitative estimate of drug-likeness (QED) is 0.454. The van der Waals surface area contributed by atoms with Crippen LogP contribution in [0.25, 0.3) is 0 Å². The second kappa shape index (κ2) is 12.7. The van der Waals surface area contributed by atoms with Crippen molar-refractivity contribution in [2.45, 2.75) is 71.4 Å². The van der Waals surface area contributed by atoms with Gasteiger partial charge in [0.2, 0.25) is 0 Å². The van der Waals surface area contributed by atoms with Gasteiger partial charge >= 0.3 is 0 Å². The molecule has 0 bridgehead atoms. The summed E-state index contributed by atoms with van der Waals surface area (Å²) in [6.45, 7) is 8.00. The molecule has 2 aromatic rings. The van der Waals surface area contributed by atoms with Crippen LogP contribution in [0.15, 0.2) is 37.4 Å². The average molecular weight is 346 g/mol. The fourth-order valence-corrected chi connectivity index (χ4v) is 3.24. The normalized spacial score (nSPS) is 11.4. The number of rotatable bonds is 15. The topological polar surface area (TPSA) is 38.9 Å². The van der Waals surface area contributed by atoms with Crippen LogP contribution in [-0.2, 0) is 13.1 Å². The van der Waals surface area contributed by atoms with E-state index in [2.05, 4.69) is 43.3 Å². The summed E-state index contributed by atoms with van der Waals surface area (Å²) in [6, 6.07) is 0. The highest BCUT2D eigenvalue weighted by atomic mass is 15.1. The predicted octanol–water partition coefficient (Wildman–Crippen LogP) is 4.22. The second-order valence-corrected chi connectivity index (χ2v) is 6.92. The minimum Gasteiger partial charge on any atom is -0.337 e. The maximum Gasteiger partial charge on any atom is 0.0945 e. The van der Waals surface area contributed by atoms with Crippen molar-refractivity contribution in [1.82, 2.24) is 24.0 Å². The maximum absolute atomic E-state index is 4.12. The van der Waals surface area contributed by atoms with E-state index in [4.69, 9.17) is 0 Å². The molecular weight excluding hydrogens is 310 g/mol. The molecule has 2 aromatic heterocycles. The molecule has 0 radical (unpaired) electrons. The van der Waals surface area contributed by atoms with Crippen LogP contribution in [0, 0.1) is 0 Å². The van der Waals surface area contributed by atoms with Crippen molar-refractivity contribution in [3.05, 3.63) is 37.4 Å². The lowest BCUT2D eigenvalue weighted by Gasteiger charge is -2.22. The number of imidazole rings is 2. The predicted molar refractivity (Wildman–Crippen MR) is 104 cm³/mol. The van der Waals surface area contributed by atoms with Crippen LogP contribution in [0.5, 0.6) is 0 Å². The summed E-state index contributed by atoms with van der Waals surface area (Å²) in [5, 5.41) is 0. The monoisotopic (exact) mass is 345 g/mol. The summed E-state index contributed by atoms with van der Waals surface area (Å²) in [5.41, 5.74) is 0. The van der Waals surface area contributed by atoms with Gasteiger partial charge in [-0.1, -0.05) is 39.0 Å². The summed E-state index contributed by atoms with van der Waals surface area (Å²) in [7, 11) is 0. The van der Waals surface area contributed by atoms with Crippen molar-refractivity contribution in [3.63, 3.8) is 0 Å². The van der Waals surface area contributed by atoms with E-state index >= 15 is 0 Å². The Labute approximate surface area is 153 Å². The molecular formula is C20H35N5. The third-order valence-electron chi connectivity index (χ3n) is 4.73. The minimum atomic E-state index is 1.06. The summed E-state index contributed by atoms with van der Waals surface area (Å²) in [6.07, 6.45) is 22.3. The molecule has 0 saturated carbocycles. The van der Waals surface area contributed by atoms with Gasteiger partial charge in [0.1, 0.15) is 0 Å². The number of aryl methyl sites for hydroxylation is 2. The fraction of sp³-hybridized carbons (Fsp3) is 0.700. The lowest BCUT2D eigenvalue weighted by Crippen LogP contribution is -2.28. The summed E-state index contributed by atoms with van der Waals surface area (Å²) in [5.74, 6) is 0. The van der Waals surface area contributed by atoms with E-state index in [-0.39, 0.29) is 0 Å². The van der Waals surface area contributed by atoms with E-state index in [1.54, 1.807) is 0 Å². The van der Waals surface area contributed by atoms with Crippen LogP contribution in [0.2, 0.25) is 0 Å². The molecule has 140 valence electrons. The smallest absolute Gasteiger partial charge is 0.0945 e. The van der Waals surface area contributed by atoms with Gasteiger partial charge in [-0.25, -0.2) is 9.97 Å². The van der Waals surface area contributed by atoms with Crippen molar-refractivity contribution < 1.29 is 0 Å². The van der Waals surface area contributed by atoms with Crippen LogP contribution in [0.3, 0.4) is 0 Å². The van der Waals surface area contributed by atoms with Gasteiger partial charge in [-0.3, -0.25) is 0 Å². The Balaban J connectivity index is 1.64. The molecule has 5 nitrogen and oxygen atoms in total. The van der Waals surface area contributed by atoms with Crippen LogP contribution >= 0.6 is 0 Å². The van der Waals surface area contributed by atoms with E-state index in [0.717, 1.165) is 13.1 Å². The molecule has 0 atom stereocenters. The van der Waals surface area contributed by atoms with E-state index in [1.165, 1.54) is 71.0 Å². The standard InChI is InChI=1S/C20H35N5/c1-2-3-4-5-6-7-12-23(13-8-15-24-17-10-21-19-24)14-9-16-25-18-11-22-20-25/h10-11,17-20H,2-9,12-16H2,1H3. The van der Waals surface area contributed by atoms with Crippen LogP contribution < -0.4 is 0 Å². The molecule has 25 heavy (non-hydrogen) atoms. The van der Waals surface area contributed by atoms with Gasteiger partial charge in [-0.15, -0.1) is 0 Å². The molecule has 5 heteroatoms. The third-order valence-corrected chi connectivity index (χ3v) is 4.73. The molecule has 0 fully saturated rings. The first-order valence-electron chi connectivity index (χ1n) is 10.0. The average Bonchev–Trinajstić information content (AvgIpc) is 3.31. The molecule has 0 aliphatic carbocycles. The van der Waals surface area contributed by atoms with E-state index in [1.807, 2.05) is 25.0 Å². The highest BCUT2D eigenvalue weighted by Gasteiger charge is 2.05. The van der Waals surface area contributed by atoms with Gasteiger partial charge in [0, 0.05) is 37.9 Å². The molecule has 0 aliphatic heterocycles. The zero-order valence-electron chi connectivity index (χ0n) is 15.9. The first kappa shape index (κ1) is 19.7. The van der Waals surface area contributed by atoms with Crippen molar-refractivity contribution in [3.8, 4) is 0 Å². The highest BCUT2D eigenvalue weighted by molar-refractivity contribution is 4.75. The highest BCUT2D eigenvalue weighted by Crippen LogP contribution is 2.07. The van der Waals surface area contributed by atoms with Gasteiger partial charge in [0.25, 0.3) is 0 Å². The van der Waals surface area contributed by atoms with Crippen LogP contribution in [0.1, 0.15) is 58.3 Å². The van der Waals surface area contributed by atoms with Gasteiger partial charge in [-0.05, 0) is 38.9 Å². The number of hydrogen-bond donors (Lipinski definition) is 0. The molecule has 0 aromatic carbocycles. The van der Waals surface area contributed by atoms with E-state index < -0.39 is 0 Å². The Hall–Kier alpha value is -1.62. The lowest BCUT2D eigenvalue weighted by molar-refractivity contribution is 0.251. The van der Waals surface area contributed by atoms with Crippen molar-refractivity contribution in [2.75, 3.05) is 19.6 Å². The minimum absolute atomic E-state index is 1.06. The first-order valence-corrected chi connectivity index (χ1v) is 10.0. The Kier molecular flexibility index (Phi) is 10.0. The van der Waals surface area contributed by atoms with Crippen molar-refractivity contribution >= 4 is 0 Å². The SMILES string of the molecule is CCCCCCCCN(CCCn1ccnc1)CCCn1ccnc1. The largest absolute Gasteiger partial charge is 0.337 e.